The van der Waals surface area contributed by atoms with Crippen LogP contribution in [0.15, 0.2) is 78.9 Å². The third-order valence-corrected chi connectivity index (χ3v) is 4.84. The summed E-state index contributed by atoms with van der Waals surface area (Å²) in [5, 5.41) is 23.9. The first kappa shape index (κ1) is 23.9. The third kappa shape index (κ3) is 5.95. The number of carbonyl (C=O) groups is 2. The van der Waals surface area contributed by atoms with Crippen molar-refractivity contribution in [2.45, 2.75) is 5.92 Å². The maximum Gasteiger partial charge on any atom is 0.277 e. The van der Waals surface area contributed by atoms with E-state index in [0.717, 1.165) is 29.3 Å². The van der Waals surface area contributed by atoms with Crippen molar-refractivity contribution in [2.24, 2.45) is 0 Å². The second-order valence-electron chi connectivity index (χ2n) is 6.90. The average molecular weight is 479 g/mol. The number of rotatable bonds is 6. The summed E-state index contributed by atoms with van der Waals surface area (Å²) in [5.74, 6) is -2.06. The summed E-state index contributed by atoms with van der Waals surface area (Å²) in [6, 6.07) is 20.5. The van der Waals surface area contributed by atoms with E-state index in [0.29, 0.717) is 0 Å². The highest BCUT2D eigenvalue weighted by molar-refractivity contribution is 7.80. The monoisotopic (exact) mass is 479 g/mol. The van der Waals surface area contributed by atoms with Gasteiger partial charge in [-0.3, -0.25) is 46.0 Å². The van der Waals surface area contributed by atoms with Crippen molar-refractivity contribution in [1.29, 1.82) is 0 Å². The lowest BCUT2D eigenvalue weighted by atomic mass is 9.91. The van der Waals surface area contributed by atoms with Gasteiger partial charge in [-0.1, -0.05) is 60.7 Å². The minimum absolute atomic E-state index is 0.313. The third-order valence-electron chi connectivity index (χ3n) is 4.64. The number of thiocarbonyl (C=S) groups is 1. The standard InChI is InChI=1S/C22H17N5O6S/c28-20(16-11-17(26(30)31)13-18(12-16)27(32)33)23-22(34)25-24-21(29)19(14-7-3-1-4-8-14)15-9-5-2-6-10-15/h1-13,19H,(H,24,29)(H2,23,25,28,34). The molecule has 2 amide bonds. The highest BCUT2D eigenvalue weighted by atomic mass is 32.1. The molecule has 0 aliphatic heterocycles. The zero-order chi connectivity index (χ0) is 24.7. The van der Waals surface area contributed by atoms with Gasteiger partial charge in [0.2, 0.25) is 5.91 Å². The molecule has 0 aliphatic rings. The van der Waals surface area contributed by atoms with Gasteiger partial charge in [-0.15, -0.1) is 0 Å². The van der Waals surface area contributed by atoms with Crippen LogP contribution in [0.3, 0.4) is 0 Å². The first-order valence-corrected chi connectivity index (χ1v) is 10.1. The van der Waals surface area contributed by atoms with Crippen molar-refractivity contribution in [3.05, 3.63) is 116 Å². The molecule has 34 heavy (non-hydrogen) atoms. The lowest BCUT2D eigenvalue weighted by molar-refractivity contribution is -0.394. The highest BCUT2D eigenvalue weighted by Gasteiger charge is 2.23. The normalized spacial score (nSPS) is 10.3. The Morgan fingerprint density at radius 2 is 1.24 bits per heavy atom. The minimum Gasteiger partial charge on any atom is -0.298 e. The Labute approximate surface area is 198 Å². The van der Waals surface area contributed by atoms with E-state index in [4.69, 9.17) is 12.2 Å². The largest absolute Gasteiger partial charge is 0.298 e. The van der Waals surface area contributed by atoms with Gasteiger partial charge >= 0.3 is 0 Å². The molecule has 0 heterocycles. The fraction of sp³-hybridized carbons (Fsp3) is 0.0455. The van der Waals surface area contributed by atoms with E-state index >= 15 is 0 Å². The van der Waals surface area contributed by atoms with Crippen LogP contribution in [0.25, 0.3) is 0 Å². The Morgan fingerprint density at radius 3 is 1.68 bits per heavy atom. The number of hydrogen-bond donors (Lipinski definition) is 3. The molecule has 3 N–H and O–H groups in total. The Balaban J connectivity index is 1.70. The zero-order valence-electron chi connectivity index (χ0n) is 17.3. The van der Waals surface area contributed by atoms with E-state index < -0.39 is 39.0 Å². The highest BCUT2D eigenvalue weighted by Crippen LogP contribution is 2.25. The van der Waals surface area contributed by atoms with Crippen LogP contribution in [0, 0.1) is 20.2 Å². The second-order valence-corrected chi connectivity index (χ2v) is 7.31. The average Bonchev–Trinajstić information content (AvgIpc) is 2.84. The van der Waals surface area contributed by atoms with E-state index in [2.05, 4.69) is 16.2 Å². The van der Waals surface area contributed by atoms with Crippen LogP contribution in [-0.4, -0.2) is 26.8 Å². The van der Waals surface area contributed by atoms with Crippen LogP contribution in [0.1, 0.15) is 27.4 Å². The summed E-state index contributed by atoms with van der Waals surface area (Å²) in [6.07, 6.45) is 0. The summed E-state index contributed by atoms with van der Waals surface area (Å²) in [4.78, 5) is 45.7. The van der Waals surface area contributed by atoms with Crippen LogP contribution >= 0.6 is 12.2 Å². The van der Waals surface area contributed by atoms with Gasteiger partial charge in [-0.2, -0.15) is 0 Å². The van der Waals surface area contributed by atoms with E-state index in [1.54, 1.807) is 48.5 Å². The first-order chi connectivity index (χ1) is 16.3. The van der Waals surface area contributed by atoms with Crippen molar-refractivity contribution >= 4 is 40.5 Å². The Hall–Kier alpha value is -4.71. The van der Waals surface area contributed by atoms with Crippen LogP contribution in [0.2, 0.25) is 0 Å². The molecule has 172 valence electrons. The number of nitro benzene ring substituents is 2. The predicted octanol–water partition coefficient (Wildman–Crippen LogP) is 2.97. The topological polar surface area (TPSA) is 157 Å². The Bertz CT molecular complexity index is 1180. The molecule has 0 aromatic heterocycles. The van der Waals surface area contributed by atoms with Gasteiger partial charge in [-0.25, -0.2) is 0 Å². The molecule has 0 radical (unpaired) electrons. The van der Waals surface area contributed by atoms with E-state index in [-0.39, 0.29) is 10.7 Å². The number of hydrazine groups is 1. The van der Waals surface area contributed by atoms with E-state index in [9.17, 15) is 29.8 Å². The molecule has 0 fully saturated rings. The van der Waals surface area contributed by atoms with Crippen molar-refractivity contribution in [2.75, 3.05) is 0 Å². The van der Waals surface area contributed by atoms with Crippen LogP contribution in [0.5, 0.6) is 0 Å². The van der Waals surface area contributed by atoms with E-state index in [1.807, 2.05) is 12.1 Å². The smallest absolute Gasteiger partial charge is 0.277 e. The fourth-order valence-corrected chi connectivity index (χ4v) is 3.26. The second kappa shape index (κ2) is 10.7. The number of nitro groups is 2. The van der Waals surface area contributed by atoms with Crippen molar-refractivity contribution in [3.8, 4) is 0 Å². The van der Waals surface area contributed by atoms with Gasteiger partial charge in [0.25, 0.3) is 17.3 Å². The molecule has 3 aromatic carbocycles. The van der Waals surface area contributed by atoms with Crippen LogP contribution in [0.4, 0.5) is 11.4 Å². The summed E-state index contributed by atoms with van der Waals surface area (Å²) in [5.41, 5.74) is 4.71. The first-order valence-electron chi connectivity index (χ1n) is 9.71. The molecule has 0 atom stereocenters. The SMILES string of the molecule is O=C(NC(=S)NNC(=O)C(c1ccccc1)c1ccccc1)c1cc([N+](=O)[O-])cc([N+](=O)[O-])c1. The molecule has 3 aromatic rings. The minimum atomic E-state index is -0.929. The number of non-ortho nitro benzene ring substituents is 2. The fourth-order valence-electron chi connectivity index (χ4n) is 3.12. The number of benzene rings is 3. The van der Waals surface area contributed by atoms with Crippen LogP contribution < -0.4 is 16.2 Å². The quantitative estimate of drug-likeness (QED) is 0.277. The van der Waals surface area contributed by atoms with Gasteiger partial charge in [0.15, 0.2) is 5.11 Å². The maximum absolute atomic E-state index is 12.9. The molecule has 0 bridgehead atoms. The Kier molecular flexibility index (Phi) is 7.56. The zero-order valence-corrected chi connectivity index (χ0v) is 18.2. The predicted molar refractivity (Wildman–Crippen MR) is 126 cm³/mol. The summed E-state index contributed by atoms with van der Waals surface area (Å²) in [6.45, 7) is 0. The van der Waals surface area contributed by atoms with Gasteiger partial charge in [0.1, 0.15) is 0 Å². The molecule has 0 unspecified atom stereocenters. The number of hydrogen-bond acceptors (Lipinski definition) is 7. The number of carbonyl (C=O) groups excluding carboxylic acids is 2. The molecule has 12 heteroatoms. The van der Waals surface area contributed by atoms with Gasteiger partial charge in [0, 0.05) is 12.1 Å². The molecule has 3 rings (SSSR count). The summed E-state index contributed by atoms with van der Waals surface area (Å²) < 4.78 is 0. The maximum atomic E-state index is 12.9. The van der Waals surface area contributed by atoms with Crippen molar-refractivity contribution in [3.63, 3.8) is 0 Å². The van der Waals surface area contributed by atoms with Gasteiger partial charge in [0.05, 0.1) is 27.4 Å². The van der Waals surface area contributed by atoms with Gasteiger partial charge in [-0.05, 0) is 23.3 Å². The van der Waals surface area contributed by atoms with Crippen molar-refractivity contribution < 1.29 is 19.4 Å². The molecule has 0 aliphatic carbocycles. The van der Waals surface area contributed by atoms with E-state index in [1.165, 1.54) is 0 Å². The van der Waals surface area contributed by atoms with Crippen LogP contribution in [-0.2, 0) is 4.79 Å². The molecule has 0 spiro atoms. The lowest BCUT2D eigenvalue weighted by Crippen LogP contribution is -2.49. The summed E-state index contributed by atoms with van der Waals surface area (Å²) >= 11 is 5.01. The molecular formula is C22H17N5O6S. The molecule has 11 nitrogen and oxygen atoms in total. The van der Waals surface area contributed by atoms with Gasteiger partial charge < -0.3 is 0 Å². The number of nitrogens with zero attached hydrogens (tertiary/aromatic N) is 2. The number of amides is 2. The molecule has 0 saturated heterocycles. The lowest BCUT2D eigenvalue weighted by Gasteiger charge is -2.19. The van der Waals surface area contributed by atoms with Crippen molar-refractivity contribution in [1.82, 2.24) is 16.2 Å². The molecular weight excluding hydrogens is 462 g/mol. The number of nitrogens with one attached hydrogen (secondary N) is 3. The Morgan fingerprint density at radius 1 is 0.765 bits per heavy atom. The summed E-state index contributed by atoms with van der Waals surface area (Å²) in [7, 11) is 0. The molecule has 0 saturated carbocycles.